The molecule has 2 aromatic heterocycles. The lowest BCUT2D eigenvalue weighted by atomic mass is 9.80. The standard InChI is InChI=1S/C28H22ClF4N5O2/c29-21-6-5-18(30)11-19(21)25-24-20(27(40)37-25)9-16(15-4-7-23-34-13-35-38(23)12-15)10-22(24)36-26(39)14-2-1-3-17(8-14)28(31,32)33/h4-7,9-14,17,25H,1-3,8H2,(H,36,39)(H,37,40)/t14-,17-,25+/m1/s1. The fraction of sp³-hybridized carbons (Fsp3) is 0.286. The van der Waals surface area contributed by atoms with Crippen molar-refractivity contribution < 1.29 is 27.2 Å². The van der Waals surface area contributed by atoms with Crippen LogP contribution in [0.25, 0.3) is 16.8 Å². The molecule has 1 aliphatic carbocycles. The van der Waals surface area contributed by atoms with Crippen LogP contribution in [0.1, 0.15) is 53.2 Å². The Labute approximate surface area is 230 Å². The van der Waals surface area contributed by atoms with E-state index in [2.05, 4.69) is 20.7 Å². The third-order valence-electron chi connectivity index (χ3n) is 7.63. The summed E-state index contributed by atoms with van der Waals surface area (Å²) in [5.41, 5.74) is 2.93. The number of carbonyl (C=O) groups is 2. The number of alkyl halides is 3. The van der Waals surface area contributed by atoms with E-state index in [1.54, 1.807) is 35.0 Å². The van der Waals surface area contributed by atoms with E-state index in [1.807, 2.05) is 0 Å². The minimum absolute atomic E-state index is 0.0124. The van der Waals surface area contributed by atoms with Gasteiger partial charge in [0.2, 0.25) is 5.91 Å². The average molecular weight is 572 g/mol. The molecule has 2 aromatic carbocycles. The highest BCUT2D eigenvalue weighted by molar-refractivity contribution is 6.31. The second-order valence-corrected chi connectivity index (χ2v) is 10.5. The molecule has 12 heteroatoms. The number of anilines is 1. The number of pyridine rings is 1. The van der Waals surface area contributed by atoms with Crippen LogP contribution in [-0.2, 0) is 4.79 Å². The van der Waals surface area contributed by atoms with Crippen molar-refractivity contribution in [1.82, 2.24) is 19.9 Å². The summed E-state index contributed by atoms with van der Waals surface area (Å²) < 4.78 is 56.1. The number of fused-ring (bicyclic) bond motifs is 2. The second-order valence-electron chi connectivity index (χ2n) is 10.1. The molecule has 2 aliphatic rings. The van der Waals surface area contributed by atoms with E-state index in [4.69, 9.17) is 11.6 Å². The Kier molecular flexibility index (Phi) is 6.48. The van der Waals surface area contributed by atoms with Crippen molar-refractivity contribution in [2.75, 3.05) is 5.32 Å². The molecule has 1 aliphatic heterocycles. The third kappa shape index (κ3) is 4.78. The van der Waals surface area contributed by atoms with Gasteiger partial charge >= 0.3 is 6.18 Å². The second kappa shape index (κ2) is 9.88. The molecule has 40 heavy (non-hydrogen) atoms. The minimum Gasteiger partial charge on any atom is -0.341 e. The Bertz CT molecular complexity index is 1650. The molecular formula is C28H22ClF4N5O2. The average Bonchev–Trinajstić information content (AvgIpc) is 3.53. The summed E-state index contributed by atoms with van der Waals surface area (Å²) in [4.78, 5) is 30.7. The Hall–Kier alpha value is -3.99. The van der Waals surface area contributed by atoms with Gasteiger partial charge in [-0.25, -0.2) is 13.9 Å². The molecule has 0 radical (unpaired) electrons. The van der Waals surface area contributed by atoms with Gasteiger partial charge in [-0.15, -0.1) is 0 Å². The van der Waals surface area contributed by atoms with Gasteiger partial charge in [0.25, 0.3) is 5.91 Å². The van der Waals surface area contributed by atoms with E-state index in [1.165, 1.54) is 24.5 Å². The predicted octanol–water partition coefficient (Wildman–Crippen LogP) is 6.33. The fourth-order valence-corrected chi connectivity index (χ4v) is 5.85. The lowest BCUT2D eigenvalue weighted by Gasteiger charge is -2.30. The zero-order chi connectivity index (χ0) is 28.2. The highest BCUT2D eigenvalue weighted by Gasteiger charge is 2.44. The van der Waals surface area contributed by atoms with E-state index in [0.717, 1.165) is 0 Å². The quantitative estimate of drug-likeness (QED) is 0.280. The number of hydrogen-bond acceptors (Lipinski definition) is 4. The Morgan fingerprint density at radius 1 is 1.10 bits per heavy atom. The van der Waals surface area contributed by atoms with Gasteiger partial charge in [0.15, 0.2) is 5.65 Å². The SMILES string of the molecule is O=C1N[C@@H](c2cc(F)ccc2Cl)c2c(NC(=O)[C@@H]3CCC[C@@H](C(F)(F)F)C3)cc(-c3ccc4ncnn4c3)cc21. The molecule has 4 aromatic rings. The summed E-state index contributed by atoms with van der Waals surface area (Å²) in [5, 5.41) is 9.96. The van der Waals surface area contributed by atoms with Crippen LogP contribution in [0, 0.1) is 17.7 Å². The predicted molar refractivity (Wildman–Crippen MR) is 139 cm³/mol. The molecule has 0 saturated heterocycles. The van der Waals surface area contributed by atoms with Crippen molar-refractivity contribution in [2.45, 2.75) is 37.9 Å². The maximum absolute atomic E-state index is 14.2. The first kappa shape index (κ1) is 26.2. The van der Waals surface area contributed by atoms with Gasteiger partial charge in [0.1, 0.15) is 12.1 Å². The first-order valence-electron chi connectivity index (χ1n) is 12.7. The number of nitrogens with zero attached hydrogens (tertiary/aromatic N) is 3. The largest absolute Gasteiger partial charge is 0.391 e. The number of benzene rings is 2. The Morgan fingerprint density at radius 3 is 2.73 bits per heavy atom. The van der Waals surface area contributed by atoms with Gasteiger partial charge in [0, 0.05) is 45.1 Å². The lowest BCUT2D eigenvalue weighted by Crippen LogP contribution is -2.34. The summed E-state index contributed by atoms with van der Waals surface area (Å²) >= 11 is 6.37. The Balaban J connectivity index is 1.44. The first-order valence-corrected chi connectivity index (χ1v) is 13.1. The molecular weight excluding hydrogens is 550 g/mol. The van der Waals surface area contributed by atoms with Crippen LogP contribution in [-0.4, -0.2) is 32.6 Å². The maximum Gasteiger partial charge on any atom is 0.391 e. The van der Waals surface area contributed by atoms with Gasteiger partial charge in [-0.05, 0) is 67.3 Å². The van der Waals surface area contributed by atoms with Gasteiger partial charge in [-0.1, -0.05) is 18.0 Å². The minimum atomic E-state index is -4.38. The topological polar surface area (TPSA) is 88.4 Å². The van der Waals surface area contributed by atoms with Crippen LogP contribution < -0.4 is 10.6 Å². The van der Waals surface area contributed by atoms with Gasteiger partial charge in [-0.2, -0.15) is 18.3 Å². The molecule has 2 amide bonds. The number of halogens is 5. The van der Waals surface area contributed by atoms with E-state index < -0.39 is 41.7 Å². The number of aromatic nitrogens is 3. The van der Waals surface area contributed by atoms with E-state index in [9.17, 15) is 27.2 Å². The van der Waals surface area contributed by atoms with Crippen molar-refractivity contribution >= 4 is 34.7 Å². The summed E-state index contributed by atoms with van der Waals surface area (Å²) in [6.07, 6.45) is -1.00. The van der Waals surface area contributed by atoms with Crippen LogP contribution in [0.5, 0.6) is 0 Å². The Morgan fingerprint density at radius 2 is 1.93 bits per heavy atom. The number of amides is 2. The van der Waals surface area contributed by atoms with Crippen LogP contribution in [0.3, 0.4) is 0 Å². The summed E-state index contributed by atoms with van der Waals surface area (Å²) in [7, 11) is 0. The van der Waals surface area contributed by atoms with Crippen LogP contribution in [0.2, 0.25) is 5.02 Å². The molecule has 3 atom stereocenters. The van der Waals surface area contributed by atoms with E-state index >= 15 is 0 Å². The highest BCUT2D eigenvalue weighted by Crippen LogP contribution is 2.43. The third-order valence-corrected chi connectivity index (χ3v) is 7.98. The van der Waals surface area contributed by atoms with Crippen molar-refractivity contribution in [3.63, 3.8) is 0 Å². The molecule has 206 valence electrons. The monoisotopic (exact) mass is 571 g/mol. The number of rotatable bonds is 4. The van der Waals surface area contributed by atoms with Gasteiger partial charge in [0.05, 0.1) is 12.0 Å². The molecule has 0 unspecified atom stereocenters. The van der Waals surface area contributed by atoms with Gasteiger partial charge < -0.3 is 10.6 Å². The van der Waals surface area contributed by atoms with Gasteiger partial charge in [-0.3, -0.25) is 9.59 Å². The summed E-state index contributed by atoms with van der Waals surface area (Å²) in [6.45, 7) is 0. The van der Waals surface area contributed by atoms with Crippen molar-refractivity contribution in [1.29, 1.82) is 0 Å². The summed E-state index contributed by atoms with van der Waals surface area (Å²) in [6, 6.07) is 9.69. The van der Waals surface area contributed by atoms with E-state index in [-0.39, 0.29) is 41.1 Å². The molecule has 1 saturated carbocycles. The fourth-order valence-electron chi connectivity index (χ4n) is 5.62. The van der Waals surface area contributed by atoms with Crippen molar-refractivity contribution in [3.05, 3.63) is 82.5 Å². The van der Waals surface area contributed by atoms with Crippen LogP contribution >= 0.6 is 11.6 Å². The maximum atomic E-state index is 14.2. The number of nitrogens with one attached hydrogen (secondary N) is 2. The molecule has 6 rings (SSSR count). The smallest absolute Gasteiger partial charge is 0.341 e. The first-order chi connectivity index (χ1) is 19.1. The normalized spacial score (nSPS) is 20.8. The zero-order valence-electron chi connectivity index (χ0n) is 20.8. The zero-order valence-corrected chi connectivity index (χ0v) is 21.6. The number of carbonyl (C=O) groups excluding carboxylic acids is 2. The molecule has 3 heterocycles. The highest BCUT2D eigenvalue weighted by atomic mass is 35.5. The lowest BCUT2D eigenvalue weighted by molar-refractivity contribution is -0.185. The van der Waals surface area contributed by atoms with Crippen molar-refractivity contribution in [3.8, 4) is 11.1 Å². The van der Waals surface area contributed by atoms with E-state index in [0.29, 0.717) is 28.8 Å². The molecule has 7 nitrogen and oxygen atoms in total. The van der Waals surface area contributed by atoms with Crippen molar-refractivity contribution in [2.24, 2.45) is 11.8 Å². The van der Waals surface area contributed by atoms with Crippen LogP contribution in [0.4, 0.5) is 23.2 Å². The summed E-state index contributed by atoms with van der Waals surface area (Å²) in [5.74, 6) is -4.00. The van der Waals surface area contributed by atoms with Crippen LogP contribution in [0.15, 0.2) is 55.0 Å². The molecule has 0 spiro atoms. The number of hydrogen-bond donors (Lipinski definition) is 2. The molecule has 0 bridgehead atoms. The molecule has 1 fully saturated rings. The molecule has 2 N–H and O–H groups in total.